The number of hydrogen-bond donors (Lipinski definition) is 1. The summed E-state index contributed by atoms with van der Waals surface area (Å²) in [6, 6.07) is 14.8. The van der Waals surface area contributed by atoms with Crippen LogP contribution in [0.2, 0.25) is 0 Å². The van der Waals surface area contributed by atoms with E-state index in [1.54, 1.807) is 36.4 Å². The predicted octanol–water partition coefficient (Wildman–Crippen LogP) is 3.01. The van der Waals surface area contributed by atoms with Gasteiger partial charge in [-0.1, -0.05) is 18.2 Å². The summed E-state index contributed by atoms with van der Waals surface area (Å²) in [5.74, 6) is -1.68. The number of nitrogens with one attached hydrogen (secondary N) is 1. The van der Waals surface area contributed by atoms with E-state index < -0.39 is 24.5 Å². The number of methoxy groups -OCH3 is 1. The first-order valence-electron chi connectivity index (χ1n) is 7.71. The Labute approximate surface area is 148 Å². The van der Waals surface area contributed by atoms with Crippen molar-refractivity contribution in [3.8, 4) is 0 Å². The van der Waals surface area contributed by atoms with Crippen LogP contribution in [0.3, 0.4) is 0 Å². The van der Waals surface area contributed by atoms with Gasteiger partial charge in [-0.05, 0) is 36.4 Å². The molecule has 26 heavy (non-hydrogen) atoms. The quantitative estimate of drug-likeness (QED) is 0.709. The number of benzene rings is 2. The largest absolute Gasteiger partial charge is 0.465 e. The lowest BCUT2D eigenvalue weighted by atomic mass is 10.2. The van der Waals surface area contributed by atoms with Gasteiger partial charge in [-0.3, -0.25) is 4.79 Å². The summed E-state index contributed by atoms with van der Waals surface area (Å²) < 4.78 is 14.9. The van der Waals surface area contributed by atoms with E-state index in [1.165, 1.54) is 19.2 Å². The first-order chi connectivity index (χ1) is 12.6. The van der Waals surface area contributed by atoms with Crippen molar-refractivity contribution in [3.63, 3.8) is 0 Å². The van der Waals surface area contributed by atoms with Crippen LogP contribution in [-0.2, 0) is 14.3 Å². The van der Waals surface area contributed by atoms with E-state index in [2.05, 4.69) is 10.1 Å². The molecular formula is C19H15NO6. The number of carbonyl (C=O) groups excluding carboxylic acids is 3. The monoisotopic (exact) mass is 353 g/mol. The Morgan fingerprint density at radius 3 is 2.42 bits per heavy atom. The third-order valence-electron chi connectivity index (χ3n) is 3.55. The molecule has 0 radical (unpaired) electrons. The van der Waals surface area contributed by atoms with Crippen LogP contribution in [0.5, 0.6) is 0 Å². The van der Waals surface area contributed by atoms with Crippen molar-refractivity contribution in [1.29, 1.82) is 0 Å². The normalized spacial score (nSPS) is 10.3. The van der Waals surface area contributed by atoms with Crippen molar-refractivity contribution in [3.05, 3.63) is 65.9 Å². The minimum atomic E-state index is -0.725. The Bertz CT molecular complexity index is 925. The molecule has 1 heterocycles. The van der Waals surface area contributed by atoms with Crippen molar-refractivity contribution in [2.45, 2.75) is 0 Å². The van der Waals surface area contributed by atoms with Crippen LogP contribution in [0.4, 0.5) is 5.69 Å². The second-order valence-electron chi connectivity index (χ2n) is 5.34. The van der Waals surface area contributed by atoms with Gasteiger partial charge in [0, 0.05) is 11.1 Å². The number of ether oxygens (including phenoxy) is 2. The Kier molecular flexibility index (Phi) is 4.98. The van der Waals surface area contributed by atoms with Gasteiger partial charge in [0.15, 0.2) is 6.61 Å². The zero-order valence-electron chi connectivity index (χ0n) is 13.9. The molecule has 0 aliphatic carbocycles. The van der Waals surface area contributed by atoms with E-state index in [1.807, 2.05) is 6.07 Å². The Morgan fingerprint density at radius 2 is 1.73 bits per heavy atom. The molecule has 0 aliphatic heterocycles. The lowest BCUT2D eigenvalue weighted by Crippen LogP contribution is -2.20. The summed E-state index contributed by atoms with van der Waals surface area (Å²) in [6.45, 7) is -0.464. The van der Waals surface area contributed by atoms with Gasteiger partial charge in [-0.15, -0.1) is 0 Å². The van der Waals surface area contributed by atoms with Crippen LogP contribution < -0.4 is 5.32 Å². The van der Waals surface area contributed by atoms with E-state index in [0.717, 1.165) is 5.39 Å². The summed E-state index contributed by atoms with van der Waals surface area (Å²) in [5, 5.41) is 3.33. The van der Waals surface area contributed by atoms with Gasteiger partial charge in [0.1, 0.15) is 5.58 Å². The average molecular weight is 353 g/mol. The number of amides is 1. The molecule has 2 aromatic carbocycles. The van der Waals surface area contributed by atoms with Crippen LogP contribution in [0.1, 0.15) is 20.9 Å². The number of rotatable bonds is 5. The lowest BCUT2D eigenvalue weighted by Gasteiger charge is -2.06. The molecule has 132 valence electrons. The standard InChI is InChI=1S/C19H15NO6/c1-24-18(22)12-6-8-14(9-7-12)20-17(21)11-25-19(23)16-10-13-4-2-3-5-15(13)26-16/h2-10H,11H2,1H3,(H,20,21). The number of furan rings is 1. The van der Waals surface area contributed by atoms with Crippen molar-refractivity contribution >= 4 is 34.5 Å². The minimum absolute atomic E-state index is 0.0291. The molecule has 0 saturated heterocycles. The number of esters is 2. The maximum absolute atomic E-state index is 12.0. The summed E-state index contributed by atoms with van der Waals surface area (Å²) in [6.07, 6.45) is 0. The van der Waals surface area contributed by atoms with Crippen LogP contribution in [0.25, 0.3) is 11.0 Å². The molecule has 1 N–H and O–H groups in total. The number of carbonyl (C=O) groups is 3. The van der Waals surface area contributed by atoms with Gasteiger partial charge in [-0.2, -0.15) is 0 Å². The zero-order valence-corrected chi connectivity index (χ0v) is 13.9. The second kappa shape index (κ2) is 7.52. The molecule has 1 amide bonds. The molecule has 0 saturated carbocycles. The summed E-state index contributed by atoms with van der Waals surface area (Å²) >= 11 is 0. The maximum atomic E-state index is 12.0. The summed E-state index contributed by atoms with van der Waals surface area (Å²) in [5.41, 5.74) is 1.39. The summed E-state index contributed by atoms with van der Waals surface area (Å²) in [7, 11) is 1.29. The molecular weight excluding hydrogens is 338 g/mol. The highest BCUT2D eigenvalue weighted by Crippen LogP contribution is 2.19. The highest BCUT2D eigenvalue weighted by Gasteiger charge is 2.15. The minimum Gasteiger partial charge on any atom is -0.465 e. The molecule has 0 aliphatic rings. The van der Waals surface area contributed by atoms with E-state index in [9.17, 15) is 14.4 Å². The topological polar surface area (TPSA) is 94.8 Å². The fraction of sp³-hybridized carbons (Fsp3) is 0.105. The third kappa shape index (κ3) is 3.89. The molecule has 3 rings (SSSR count). The number of para-hydroxylation sites is 1. The van der Waals surface area contributed by atoms with Crippen LogP contribution >= 0.6 is 0 Å². The number of fused-ring (bicyclic) bond motifs is 1. The highest BCUT2D eigenvalue weighted by atomic mass is 16.5. The van der Waals surface area contributed by atoms with Crippen molar-refractivity contribution in [2.24, 2.45) is 0 Å². The van der Waals surface area contributed by atoms with Gasteiger partial charge in [0.05, 0.1) is 12.7 Å². The van der Waals surface area contributed by atoms with Crippen LogP contribution in [0, 0.1) is 0 Å². The van der Waals surface area contributed by atoms with Gasteiger partial charge < -0.3 is 19.2 Å². The Morgan fingerprint density at radius 1 is 1.00 bits per heavy atom. The molecule has 7 heteroatoms. The highest BCUT2D eigenvalue weighted by molar-refractivity contribution is 5.97. The Balaban J connectivity index is 1.55. The molecule has 0 atom stereocenters. The Hall–Kier alpha value is -3.61. The number of hydrogen-bond acceptors (Lipinski definition) is 6. The smallest absolute Gasteiger partial charge is 0.374 e. The molecule has 3 aromatic rings. The third-order valence-corrected chi connectivity index (χ3v) is 3.55. The SMILES string of the molecule is COC(=O)c1ccc(NC(=O)COC(=O)c2cc3ccccc3o2)cc1. The fourth-order valence-corrected chi connectivity index (χ4v) is 2.29. The van der Waals surface area contributed by atoms with Crippen molar-refractivity contribution in [1.82, 2.24) is 0 Å². The zero-order chi connectivity index (χ0) is 18.5. The molecule has 0 spiro atoms. The fourth-order valence-electron chi connectivity index (χ4n) is 2.29. The lowest BCUT2D eigenvalue weighted by molar-refractivity contribution is -0.119. The first kappa shape index (κ1) is 17.2. The summed E-state index contributed by atoms with van der Waals surface area (Å²) in [4.78, 5) is 35.2. The van der Waals surface area contributed by atoms with Crippen LogP contribution in [-0.4, -0.2) is 31.6 Å². The van der Waals surface area contributed by atoms with Gasteiger partial charge in [-0.25, -0.2) is 9.59 Å². The van der Waals surface area contributed by atoms with Gasteiger partial charge in [0.2, 0.25) is 5.76 Å². The van der Waals surface area contributed by atoms with E-state index in [4.69, 9.17) is 9.15 Å². The van der Waals surface area contributed by atoms with Gasteiger partial charge >= 0.3 is 11.9 Å². The van der Waals surface area contributed by atoms with Crippen molar-refractivity contribution < 1.29 is 28.3 Å². The molecule has 0 unspecified atom stereocenters. The second-order valence-corrected chi connectivity index (χ2v) is 5.34. The van der Waals surface area contributed by atoms with Crippen LogP contribution in [0.15, 0.2) is 59.0 Å². The molecule has 1 aromatic heterocycles. The average Bonchev–Trinajstić information content (AvgIpc) is 3.10. The van der Waals surface area contributed by atoms with E-state index >= 15 is 0 Å². The maximum Gasteiger partial charge on any atom is 0.374 e. The number of anilines is 1. The predicted molar refractivity (Wildman–Crippen MR) is 92.9 cm³/mol. The van der Waals surface area contributed by atoms with E-state index in [0.29, 0.717) is 16.8 Å². The van der Waals surface area contributed by atoms with Gasteiger partial charge in [0.25, 0.3) is 5.91 Å². The molecule has 0 fully saturated rings. The molecule has 0 bridgehead atoms. The first-order valence-corrected chi connectivity index (χ1v) is 7.71. The molecule has 7 nitrogen and oxygen atoms in total. The van der Waals surface area contributed by atoms with Crippen molar-refractivity contribution in [2.75, 3.05) is 19.0 Å². The van der Waals surface area contributed by atoms with E-state index in [-0.39, 0.29) is 5.76 Å².